The standard InChI is InChI=1S/C47H83N3O11S/c1-7-10-12-14-16-18-20-22-24-26-28-30-32-48-45(55)39(49-41(54)31-29-27-25-23-21-19-17-15-13-11-8-2)35-62-46-42(50-47(56)57-33-9-3)44(60-38(6)53)43(59-37(5)52)40(61-46)34-58-36(4)51/h9,39-40,42-44,46H,3,7-8,10-35H2,1-2,4-6H3,(H,48,55)(H,49,54)(H,50,56)/t39-,40+,42+,43-,44+,46-/m0/s1. The summed E-state index contributed by atoms with van der Waals surface area (Å²) in [6.45, 7) is 11.5. The summed E-state index contributed by atoms with van der Waals surface area (Å²) in [6, 6.07) is -2.14. The summed E-state index contributed by atoms with van der Waals surface area (Å²) in [5.41, 5.74) is -1.06. The molecule has 0 bridgehead atoms. The Kier molecular flexibility index (Phi) is 33.9. The highest BCUT2D eigenvalue weighted by atomic mass is 32.2. The van der Waals surface area contributed by atoms with Gasteiger partial charge >= 0.3 is 24.0 Å². The van der Waals surface area contributed by atoms with E-state index in [0.29, 0.717) is 13.0 Å². The lowest BCUT2D eigenvalue weighted by Crippen LogP contribution is -2.65. The summed E-state index contributed by atoms with van der Waals surface area (Å²) in [7, 11) is 0. The molecular weight excluding hydrogens is 815 g/mol. The molecule has 0 radical (unpaired) electrons. The maximum absolute atomic E-state index is 13.8. The minimum Gasteiger partial charge on any atom is -0.463 e. The molecule has 14 nitrogen and oxygen atoms in total. The number of carbonyl (C=O) groups excluding carboxylic acids is 6. The molecule has 0 aromatic heterocycles. The molecule has 0 saturated carbocycles. The maximum Gasteiger partial charge on any atom is 0.407 e. The van der Waals surface area contributed by atoms with Crippen LogP contribution in [-0.4, -0.2) is 97.2 Å². The number of hydrogen-bond acceptors (Lipinski definition) is 12. The Balaban J connectivity index is 3.06. The Morgan fingerprint density at radius 3 is 1.61 bits per heavy atom. The van der Waals surface area contributed by atoms with Crippen molar-refractivity contribution in [2.45, 2.75) is 225 Å². The number of rotatable bonds is 37. The third-order valence-corrected chi connectivity index (χ3v) is 12.0. The summed E-state index contributed by atoms with van der Waals surface area (Å²) >= 11 is 1.09. The normalized spacial score (nSPS) is 18.8. The van der Waals surface area contributed by atoms with E-state index in [0.717, 1.165) is 57.2 Å². The van der Waals surface area contributed by atoms with Crippen molar-refractivity contribution in [3.8, 4) is 0 Å². The van der Waals surface area contributed by atoms with Gasteiger partial charge in [-0.05, 0) is 12.8 Å². The first-order valence-corrected chi connectivity index (χ1v) is 24.8. The van der Waals surface area contributed by atoms with Gasteiger partial charge in [-0.1, -0.05) is 161 Å². The summed E-state index contributed by atoms with van der Waals surface area (Å²) in [5.74, 6) is -2.69. The SMILES string of the molecule is C=CCOC(=O)N[C@@H]1[C@@H](OC(C)=O)[C@@H](OC(C)=O)[C@@H](COC(C)=O)O[C@H]1SC[C@H](NC(=O)CCCCCCCCCCCCC)C(=O)NCCCCCCCCCCCCCC. The second kappa shape index (κ2) is 37.1. The van der Waals surface area contributed by atoms with E-state index in [-0.39, 0.29) is 37.2 Å². The van der Waals surface area contributed by atoms with Gasteiger partial charge < -0.3 is 39.6 Å². The average molecular weight is 898 g/mol. The van der Waals surface area contributed by atoms with Crippen LogP contribution in [0.5, 0.6) is 0 Å². The molecule has 1 aliphatic heterocycles. The topological polar surface area (TPSA) is 185 Å². The Morgan fingerprint density at radius 2 is 1.13 bits per heavy atom. The van der Waals surface area contributed by atoms with Crippen LogP contribution in [0.1, 0.15) is 189 Å². The molecule has 1 heterocycles. The first-order chi connectivity index (χ1) is 29.9. The number of ether oxygens (including phenoxy) is 5. The number of alkyl carbamates (subject to hydrolysis) is 1. The molecule has 0 aromatic carbocycles. The lowest BCUT2D eigenvalue weighted by atomic mass is 9.97. The van der Waals surface area contributed by atoms with Crippen LogP contribution in [0.4, 0.5) is 4.79 Å². The second-order valence-electron chi connectivity index (χ2n) is 16.5. The van der Waals surface area contributed by atoms with Crippen molar-refractivity contribution in [3.63, 3.8) is 0 Å². The average Bonchev–Trinajstić information content (AvgIpc) is 3.22. The van der Waals surface area contributed by atoms with Crippen molar-refractivity contribution in [1.29, 1.82) is 0 Å². The van der Waals surface area contributed by atoms with E-state index < -0.39 is 59.8 Å². The minimum absolute atomic E-state index is 0.00410. The number of hydrogen-bond donors (Lipinski definition) is 3. The van der Waals surface area contributed by atoms with E-state index in [1.54, 1.807) is 0 Å². The van der Waals surface area contributed by atoms with Crippen molar-refractivity contribution in [2.75, 3.05) is 25.5 Å². The maximum atomic E-state index is 13.8. The first kappa shape index (κ1) is 56.7. The van der Waals surface area contributed by atoms with Crippen molar-refractivity contribution >= 4 is 47.6 Å². The fourth-order valence-corrected chi connectivity index (χ4v) is 8.67. The van der Waals surface area contributed by atoms with Gasteiger partial charge in [0, 0.05) is 39.5 Å². The molecule has 6 atom stereocenters. The summed E-state index contributed by atoms with van der Waals surface area (Å²) in [6.07, 6.45) is 24.1. The van der Waals surface area contributed by atoms with Crippen LogP contribution in [-0.2, 0) is 47.7 Å². The van der Waals surface area contributed by atoms with Gasteiger partial charge in [0.2, 0.25) is 11.8 Å². The molecule has 3 N–H and O–H groups in total. The van der Waals surface area contributed by atoms with Gasteiger partial charge in [-0.2, -0.15) is 0 Å². The zero-order valence-electron chi connectivity index (χ0n) is 38.9. The van der Waals surface area contributed by atoms with E-state index in [1.807, 2.05) is 0 Å². The van der Waals surface area contributed by atoms with Crippen LogP contribution in [0, 0.1) is 0 Å². The van der Waals surface area contributed by atoms with Crippen molar-refractivity contribution in [2.24, 2.45) is 0 Å². The molecule has 1 rings (SSSR count). The molecule has 1 aliphatic rings. The number of unbranched alkanes of at least 4 members (excludes halogenated alkanes) is 21. The molecule has 358 valence electrons. The van der Waals surface area contributed by atoms with E-state index >= 15 is 0 Å². The van der Waals surface area contributed by atoms with Crippen LogP contribution in [0.15, 0.2) is 12.7 Å². The first-order valence-electron chi connectivity index (χ1n) is 23.8. The van der Waals surface area contributed by atoms with Gasteiger partial charge in [0.25, 0.3) is 0 Å². The van der Waals surface area contributed by atoms with Crippen molar-refractivity contribution in [3.05, 3.63) is 12.7 Å². The molecule has 0 unspecified atom stereocenters. The Labute approximate surface area is 377 Å². The highest BCUT2D eigenvalue weighted by molar-refractivity contribution is 7.99. The second-order valence-corrected chi connectivity index (χ2v) is 17.6. The smallest absolute Gasteiger partial charge is 0.407 e. The Morgan fingerprint density at radius 1 is 0.645 bits per heavy atom. The number of nitrogens with one attached hydrogen (secondary N) is 3. The Hall–Kier alpha value is -3.33. The molecule has 62 heavy (non-hydrogen) atoms. The zero-order valence-corrected chi connectivity index (χ0v) is 39.8. The predicted molar refractivity (Wildman–Crippen MR) is 244 cm³/mol. The van der Waals surface area contributed by atoms with Gasteiger partial charge in [0.1, 0.15) is 36.8 Å². The lowest BCUT2D eigenvalue weighted by molar-refractivity contribution is -0.211. The number of amides is 3. The molecule has 1 saturated heterocycles. The molecule has 0 spiro atoms. The van der Waals surface area contributed by atoms with Crippen LogP contribution in [0.2, 0.25) is 0 Å². The number of esters is 3. The van der Waals surface area contributed by atoms with Crippen LogP contribution in [0.3, 0.4) is 0 Å². The van der Waals surface area contributed by atoms with Gasteiger partial charge in [0.15, 0.2) is 12.2 Å². The highest BCUT2D eigenvalue weighted by Gasteiger charge is 2.51. The molecule has 3 amide bonds. The minimum atomic E-state index is -1.31. The van der Waals surface area contributed by atoms with Crippen LogP contribution < -0.4 is 16.0 Å². The lowest BCUT2D eigenvalue weighted by Gasteiger charge is -2.45. The van der Waals surface area contributed by atoms with E-state index in [2.05, 4.69) is 36.4 Å². The Bertz CT molecular complexity index is 1270. The van der Waals surface area contributed by atoms with E-state index in [4.69, 9.17) is 23.7 Å². The fourth-order valence-electron chi connectivity index (χ4n) is 7.40. The van der Waals surface area contributed by atoms with Gasteiger partial charge in [-0.15, -0.1) is 11.8 Å². The van der Waals surface area contributed by atoms with Gasteiger partial charge in [-0.3, -0.25) is 24.0 Å². The summed E-state index contributed by atoms with van der Waals surface area (Å²) < 4.78 is 27.9. The molecule has 0 aliphatic carbocycles. The van der Waals surface area contributed by atoms with Gasteiger partial charge in [0.05, 0.1) is 0 Å². The molecule has 15 heteroatoms. The van der Waals surface area contributed by atoms with Crippen LogP contribution in [0.25, 0.3) is 0 Å². The summed E-state index contributed by atoms with van der Waals surface area (Å²) in [4.78, 5) is 76.5. The fraction of sp³-hybridized carbons (Fsp3) is 0.830. The summed E-state index contributed by atoms with van der Waals surface area (Å²) in [5, 5.41) is 8.60. The monoisotopic (exact) mass is 898 g/mol. The highest BCUT2D eigenvalue weighted by Crippen LogP contribution is 2.33. The largest absolute Gasteiger partial charge is 0.463 e. The third kappa shape index (κ3) is 28.4. The quantitative estimate of drug-likeness (QED) is 0.0233. The van der Waals surface area contributed by atoms with E-state index in [9.17, 15) is 28.8 Å². The van der Waals surface area contributed by atoms with Crippen molar-refractivity contribution < 1.29 is 52.5 Å². The van der Waals surface area contributed by atoms with E-state index in [1.165, 1.54) is 123 Å². The molecular formula is C47H83N3O11S. The zero-order chi connectivity index (χ0) is 45.8. The molecule has 1 fully saturated rings. The molecule has 0 aromatic rings. The third-order valence-electron chi connectivity index (χ3n) is 10.7. The number of carbonyl (C=O) groups is 6. The number of thioether (sulfide) groups is 1. The van der Waals surface area contributed by atoms with Crippen molar-refractivity contribution in [1.82, 2.24) is 16.0 Å². The van der Waals surface area contributed by atoms with Gasteiger partial charge in [-0.25, -0.2) is 4.79 Å². The van der Waals surface area contributed by atoms with Crippen LogP contribution >= 0.6 is 11.8 Å². The predicted octanol–water partition coefficient (Wildman–Crippen LogP) is 9.16.